The number of carbonyl (C=O) groups excluding carboxylic acids is 1. The molecule has 3 rings (SSSR count). The van der Waals surface area contributed by atoms with Gasteiger partial charge in [0, 0.05) is 25.5 Å². The fraction of sp³-hybridized carbons (Fsp3) is 0.500. The van der Waals surface area contributed by atoms with Gasteiger partial charge in [0.2, 0.25) is 0 Å². The zero-order valence-corrected chi connectivity index (χ0v) is 16.8. The van der Waals surface area contributed by atoms with Gasteiger partial charge >= 0.3 is 0 Å². The number of nitrogens with zero attached hydrogens (tertiary/aromatic N) is 3. The molecule has 7 heteroatoms. The van der Waals surface area contributed by atoms with E-state index < -0.39 is 0 Å². The zero-order valence-electron chi connectivity index (χ0n) is 16.0. The molecule has 146 valence electrons. The largest absolute Gasteiger partial charge is 0.483 e. The summed E-state index contributed by atoms with van der Waals surface area (Å²) in [4.78, 5) is 21.1. The Morgan fingerprint density at radius 1 is 1.33 bits per heavy atom. The molecule has 27 heavy (non-hydrogen) atoms. The maximum absolute atomic E-state index is 12.4. The van der Waals surface area contributed by atoms with Crippen LogP contribution in [0.15, 0.2) is 29.6 Å². The lowest BCUT2D eigenvalue weighted by molar-refractivity contribution is -0.132. The van der Waals surface area contributed by atoms with Gasteiger partial charge in [0.25, 0.3) is 5.91 Å². The number of hydrogen-bond donors (Lipinski definition) is 0. The van der Waals surface area contributed by atoms with Crippen molar-refractivity contribution in [3.8, 4) is 5.75 Å². The molecule has 2 heterocycles. The maximum atomic E-state index is 12.4. The van der Waals surface area contributed by atoms with E-state index in [0.717, 1.165) is 61.3 Å². The van der Waals surface area contributed by atoms with E-state index in [1.165, 1.54) is 0 Å². The van der Waals surface area contributed by atoms with E-state index >= 15 is 0 Å². The Morgan fingerprint density at radius 2 is 2.11 bits per heavy atom. The number of carbonyl (C=O) groups is 1. The summed E-state index contributed by atoms with van der Waals surface area (Å²) < 4.78 is 11.1. The molecule has 1 aliphatic rings. The standard InChI is InChI=1S/C20H27N3O3S/c1-3-16-6-4-5-7-18(16)26-14-20(24)22(2)12-17-15-27-19(21-17)13-23-8-10-25-11-9-23/h4-7,15H,3,8-14H2,1-2H3. The summed E-state index contributed by atoms with van der Waals surface area (Å²) in [5.41, 5.74) is 2.04. The summed E-state index contributed by atoms with van der Waals surface area (Å²) in [6, 6.07) is 7.84. The third-order valence-corrected chi connectivity index (χ3v) is 5.47. The molecular formula is C20H27N3O3S. The van der Waals surface area contributed by atoms with E-state index in [1.54, 1.807) is 23.3 Å². The van der Waals surface area contributed by atoms with Crippen LogP contribution >= 0.6 is 11.3 Å². The molecule has 1 aliphatic heterocycles. The van der Waals surface area contributed by atoms with Crippen molar-refractivity contribution in [1.82, 2.24) is 14.8 Å². The van der Waals surface area contributed by atoms with Gasteiger partial charge in [0.15, 0.2) is 6.61 Å². The van der Waals surface area contributed by atoms with Gasteiger partial charge in [-0.25, -0.2) is 4.98 Å². The zero-order chi connectivity index (χ0) is 19.1. The van der Waals surface area contributed by atoms with Gasteiger partial charge in [-0.15, -0.1) is 11.3 Å². The summed E-state index contributed by atoms with van der Waals surface area (Å²) in [7, 11) is 1.79. The van der Waals surface area contributed by atoms with E-state index in [4.69, 9.17) is 9.47 Å². The first-order valence-corrected chi connectivity index (χ1v) is 10.2. The molecule has 2 aromatic rings. The SMILES string of the molecule is CCc1ccccc1OCC(=O)N(C)Cc1csc(CN2CCOCC2)n1. The number of aryl methyl sites for hydroxylation is 1. The molecule has 0 spiro atoms. The summed E-state index contributed by atoms with van der Waals surface area (Å²) in [5.74, 6) is 0.729. The van der Waals surface area contributed by atoms with Crippen LogP contribution < -0.4 is 4.74 Å². The average molecular weight is 390 g/mol. The second-order valence-electron chi connectivity index (χ2n) is 6.62. The quantitative estimate of drug-likeness (QED) is 0.695. The number of aromatic nitrogens is 1. The molecule has 1 amide bonds. The number of morpholine rings is 1. The number of likely N-dealkylation sites (N-methyl/N-ethyl adjacent to an activating group) is 1. The van der Waals surface area contributed by atoms with Crippen molar-refractivity contribution < 1.29 is 14.3 Å². The van der Waals surface area contributed by atoms with Crippen molar-refractivity contribution in [2.24, 2.45) is 0 Å². The maximum Gasteiger partial charge on any atom is 0.260 e. The Labute approximate surface area is 164 Å². The molecule has 1 fully saturated rings. The molecule has 0 radical (unpaired) electrons. The first-order valence-electron chi connectivity index (χ1n) is 9.33. The second-order valence-corrected chi connectivity index (χ2v) is 7.56. The van der Waals surface area contributed by atoms with Gasteiger partial charge < -0.3 is 14.4 Å². The van der Waals surface area contributed by atoms with Gasteiger partial charge in [-0.1, -0.05) is 25.1 Å². The number of hydrogen-bond acceptors (Lipinski definition) is 6. The van der Waals surface area contributed by atoms with E-state index in [2.05, 4.69) is 16.8 Å². The van der Waals surface area contributed by atoms with Crippen LogP contribution in [0.2, 0.25) is 0 Å². The molecule has 0 aliphatic carbocycles. The van der Waals surface area contributed by atoms with Crippen LogP contribution in [-0.4, -0.2) is 60.6 Å². The van der Waals surface area contributed by atoms with Gasteiger partial charge in [-0.2, -0.15) is 0 Å². The summed E-state index contributed by atoms with van der Waals surface area (Å²) >= 11 is 1.65. The van der Waals surface area contributed by atoms with Crippen LogP contribution in [-0.2, 0) is 29.0 Å². The lowest BCUT2D eigenvalue weighted by atomic mass is 10.1. The highest BCUT2D eigenvalue weighted by Crippen LogP contribution is 2.18. The Balaban J connectivity index is 1.48. The molecule has 0 atom stereocenters. The monoisotopic (exact) mass is 389 g/mol. The number of amides is 1. The molecule has 0 N–H and O–H groups in total. The first-order chi connectivity index (χ1) is 13.2. The lowest BCUT2D eigenvalue weighted by Crippen LogP contribution is -2.35. The minimum absolute atomic E-state index is 0.0400. The van der Waals surface area contributed by atoms with Crippen molar-refractivity contribution in [2.45, 2.75) is 26.4 Å². The highest BCUT2D eigenvalue weighted by molar-refractivity contribution is 7.09. The second kappa shape index (κ2) is 9.82. The first kappa shape index (κ1) is 19.8. The Morgan fingerprint density at radius 3 is 2.89 bits per heavy atom. The fourth-order valence-electron chi connectivity index (χ4n) is 2.96. The van der Waals surface area contributed by atoms with Gasteiger partial charge in [-0.05, 0) is 18.1 Å². The van der Waals surface area contributed by atoms with Crippen LogP contribution in [0, 0.1) is 0 Å². The number of thiazole rings is 1. The third kappa shape index (κ3) is 5.76. The van der Waals surface area contributed by atoms with Crippen molar-refractivity contribution in [2.75, 3.05) is 40.0 Å². The van der Waals surface area contributed by atoms with Crippen LogP contribution in [0.4, 0.5) is 0 Å². The number of rotatable bonds is 8. The van der Waals surface area contributed by atoms with Crippen LogP contribution in [0.5, 0.6) is 5.75 Å². The molecule has 0 unspecified atom stereocenters. The topological polar surface area (TPSA) is 54.9 Å². The number of para-hydroxylation sites is 1. The normalized spacial score (nSPS) is 14.9. The summed E-state index contributed by atoms with van der Waals surface area (Å²) in [5, 5.41) is 3.12. The average Bonchev–Trinajstić information content (AvgIpc) is 3.13. The van der Waals surface area contributed by atoms with E-state index in [1.807, 2.05) is 29.6 Å². The van der Waals surface area contributed by atoms with E-state index in [9.17, 15) is 4.79 Å². The molecule has 1 aromatic carbocycles. The summed E-state index contributed by atoms with van der Waals surface area (Å²) in [6.07, 6.45) is 0.880. The predicted molar refractivity (Wildman–Crippen MR) is 106 cm³/mol. The lowest BCUT2D eigenvalue weighted by Gasteiger charge is -2.25. The molecule has 1 saturated heterocycles. The van der Waals surface area contributed by atoms with Gasteiger partial charge in [-0.3, -0.25) is 9.69 Å². The smallest absolute Gasteiger partial charge is 0.260 e. The minimum Gasteiger partial charge on any atom is -0.483 e. The number of ether oxygens (including phenoxy) is 2. The van der Waals surface area contributed by atoms with Crippen LogP contribution in [0.25, 0.3) is 0 Å². The van der Waals surface area contributed by atoms with Crippen molar-refractivity contribution >= 4 is 17.2 Å². The highest BCUT2D eigenvalue weighted by Gasteiger charge is 2.15. The highest BCUT2D eigenvalue weighted by atomic mass is 32.1. The Kier molecular flexibility index (Phi) is 7.20. The minimum atomic E-state index is -0.0522. The van der Waals surface area contributed by atoms with E-state index in [0.29, 0.717) is 6.54 Å². The van der Waals surface area contributed by atoms with E-state index in [-0.39, 0.29) is 12.5 Å². The van der Waals surface area contributed by atoms with Crippen molar-refractivity contribution in [3.63, 3.8) is 0 Å². The van der Waals surface area contributed by atoms with Crippen LogP contribution in [0.1, 0.15) is 23.2 Å². The van der Waals surface area contributed by atoms with Gasteiger partial charge in [0.05, 0.1) is 32.0 Å². The molecule has 0 bridgehead atoms. The fourth-order valence-corrected chi connectivity index (χ4v) is 3.79. The Hall–Kier alpha value is -1.96. The predicted octanol–water partition coefficient (Wildman–Crippen LogP) is 2.58. The number of benzene rings is 1. The molecule has 0 saturated carbocycles. The molecule has 1 aromatic heterocycles. The van der Waals surface area contributed by atoms with Gasteiger partial charge in [0.1, 0.15) is 10.8 Å². The van der Waals surface area contributed by atoms with Crippen molar-refractivity contribution in [1.29, 1.82) is 0 Å². The summed E-state index contributed by atoms with van der Waals surface area (Å²) in [6.45, 7) is 6.94. The molecule has 6 nitrogen and oxygen atoms in total. The Bertz CT molecular complexity index is 744. The van der Waals surface area contributed by atoms with Crippen molar-refractivity contribution in [3.05, 3.63) is 45.9 Å². The van der Waals surface area contributed by atoms with Crippen LogP contribution in [0.3, 0.4) is 0 Å². The molecular weight excluding hydrogens is 362 g/mol. The third-order valence-electron chi connectivity index (χ3n) is 4.59.